The summed E-state index contributed by atoms with van der Waals surface area (Å²) in [5.41, 5.74) is -0.863. The van der Waals surface area contributed by atoms with Crippen molar-refractivity contribution in [1.29, 1.82) is 0 Å². The highest BCUT2D eigenvalue weighted by molar-refractivity contribution is 7.99. The minimum Gasteiger partial charge on any atom is -0.394 e. The van der Waals surface area contributed by atoms with Gasteiger partial charge in [0.1, 0.15) is 48.4 Å². The molecule has 2 aliphatic heterocycles. The number of ether oxygens (including phenoxy) is 2. The van der Waals surface area contributed by atoms with E-state index in [0.717, 1.165) is 11.8 Å². The number of thioether (sulfide) groups is 1. The number of aliphatic hydroxyl groups is 6. The molecule has 0 radical (unpaired) electrons. The van der Waals surface area contributed by atoms with Gasteiger partial charge >= 0.3 is 0 Å². The Labute approximate surface area is 140 Å². The summed E-state index contributed by atoms with van der Waals surface area (Å²) in [4.78, 5) is 3.99. The van der Waals surface area contributed by atoms with Gasteiger partial charge in [-0.1, -0.05) is 0 Å². The predicted octanol–water partition coefficient (Wildman–Crippen LogP) is -3.58. The molecule has 2 fully saturated rings. The van der Waals surface area contributed by atoms with Crippen LogP contribution in [0.4, 0.5) is 0 Å². The molecule has 24 heavy (non-hydrogen) atoms. The number of rotatable bonds is 5. The van der Waals surface area contributed by atoms with E-state index in [4.69, 9.17) is 19.7 Å². The highest BCUT2D eigenvalue weighted by Gasteiger charge is 2.45. The summed E-state index contributed by atoms with van der Waals surface area (Å²) in [6.07, 6.45) is -6.52. The second-order valence-electron chi connectivity index (χ2n) is 5.56. The molecule has 0 saturated carbocycles. The summed E-state index contributed by atoms with van der Waals surface area (Å²) < 4.78 is 11.8. The van der Waals surface area contributed by atoms with Gasteiger partial charge in [0.15, 0.2) is 6.23 Å². The summed E-state index contributed by atoms with van der Waals surface area (Å²) in [5.74, 6) is 0. The van der Waals surface area contributed by atoms with Gasteiger partial charge in [-0.15, -0.1) is 5.10 Å². The average molecular weight is 365 g/mol. The number of aliphatic hydroxyl groups excluding tert-OH is 6. The lowest BCUT2D eigenvalue weighted by molar-refractivity contribution is -0.0592. The number of aromatic nitrogens is 3. The average Bonchev–Trinajstić information content (AvgIpc) is 3.22. The fourth-order valence-electron chi connectivity index (χ4n) is 2.60. The molecular weight excluding hydrogens is 346 g/mol. The summed E-state index contributed by atoms with van der Waals surface area (Å²) >= 11 is 0.935. The van der Waals surface area contributed by atoms with E-state index in [9.17, 15) is 20.4 Å². The molecule has 0 unspecified atom stereocenters. The molecule has 6 N–H and O–H groups in total. The molecule has 11 nitrogen and oxygen atoms in total. The molecule has 2 saturated heterocycles. The Morgan fingerprint density at radius 3 is 2.17 bits per heavy atom. The van der Waals surface area contributed by atoms with Gasteiger partial charge in [0.25, 0.3) is 0 Å². The van der Waals surface area contributed by atoms with Crippen LogP contribution in [0.25, 0.3) is 0 Å². The standard InChI is InChI=1S/C12H19N3O8S/c16-1-4-6(18)8(20)10(22-4)15-3-13-12(14-15)24-11-9(21)7(19)5(2-17)23-11/h3-11,16-21H,1-2H2/t4-,5-,6-,7-,8-,9-,10-,11+/m1/s1. The fourth-order valence-corrected chi connectivity index (χ4v) is 3.56. The maximum absolute atomic E-state index is 9.94. The third-order valence-corrected chi connectivity index (χ3v) is 5.01. The third-order valence-electron chi connectivity index (χ3n) is 3.99. The van der Waals surface area contributed by atoms with Gasteiger partial charge in [0, 0.05) is 0 Å². The van der Waals surface area contributed by atoms with Gasteiger partial charge in [-0.25, -0.2) is 9.67 Å². The van der Waals surface area contributed by atoms with Crippen molar-refractivity contribution in [3.63, 3.8) is 0 Å². The minimum absolute atomic E-state index is 0.183. The molecule has 2 aliphatic rings. The second-order valence-corrected chi connectivity index (χ2v) is 6.63. The quantitative estimate of drug-likeness (QED) is 0.305. The monoisotopic (exact) mass is 365 g/mol. The van der Waals surface area contributed by atoms with E-state index in [1.165, 1.54) is 11.0 Å². The summed E-state index contributed by atoms with van der Waals surface area (Å²) in [6.45, 7) is -0.882. The van der Waals surface area contributed by atoms with Crippen molar-refractivity contribution in [1.82, 2.24) is 14.8 Å². The molecule has 8 atom stereocenters. The first kappa shape index (κ1) is 18.0. The number of nitrogens with zero attached hydrogens (tertiary/aromatic N) is 3. The van der Waals surface area contributed by atoms with Crippen LogP contribution in [-0.2, 0) is 9.47 Å². The zero-order valence-corrected chi connectivity index (χ0v) is 13.2. The van der Waals surface area contributed by atoms with Crippen LogP contribution < -0.4 is 0 Å². The van der Waals surface area contributed by atoms with Crippen molar-refractivity contribution in [2.75, 3.05) is 13.2 Å². The molecule has 136 valence electrons. The predicted molar refractivity (Wildman–Crippen MR) is 76.6 cm³/mol. The molecule has 0 amide bonds. The largest absolute Gasteiger partial charge is 0.394 e. The SMILES string of the molecule is OC[C@H]1O[C@@H](n2cnc(S[C@@H]3O[C@H](CO)[C@@H](O)[C@H]3O)n2)[C@H](O)[C@@H]1O. The molecular formula is C12H19N3O8S. The van der Waals surface area contributed by atoms with Gasteiger partial charge in [-0.3, -0.25) is 0 Å². The van der Waals surface area contributed by atoms with E-state index in [-0.39, 0.29) is 5.16 Å². The van der Waals surface area contributed by atoms with Crippen LogP contribution in [0, 0.1) is 0 Å². The van der Waals surface area contributed by atoms with Crippen molar-refractivity contribution in [2.45, 2.75) is 53.4 Å². The first-order valence-corrected chi connectivity index (χ1v) is 8.17. The van der Waals surface area contributed by atoms with Gasteiger partial charge in [0.2, 0.25) is 5.16 Å². The van der Waals surface area contributed by atoms with Crippen molar-refractivity contribution >= 4 is 11.8 Å². The maximum atomic E-state index is 9.94. The molecule has 3 rings (SSSR count). The van der Waals surface area contributed by atoms with Crippen LogP contribution in [0.5, 0.6) is 0 Å². The topological polar surface area (TPSA) is 171 Å². The van der Waals surface area contributed by atoms with Crippen LogP contribution in [0.15, 0.2) is 11.5 Å². The Morgan fingerprint density at radius 2 is 1.58 bits per heavy atom. The third kappa shape index (κ3) is 3.16. The first-order valence-electron chi connectivity index (χ1n) is 7.29. The second kappa shape index (κ2) is 7.19. The zero-order chi connectivity index (χ0) is 17.4. The smallest absolute Gasteiger partial charge is 0.211 e. The molecule has 12 heteroatoms. The Bertz CT molecular complexity index is 562. The highest BCUT2D eigenvalue weighted by atomic mass is 32.2. The molecule has 1 aromatic rings. The first-order chi connectivity index (χ1) is 11.5. The van der Waals surface area contributed by atoms with Gasteiger partial charge < -0.3 is 40.1 Å². The van der Waals surface area contributed by atoms with Crippen LogP contribution >= 0.6 is 11.8 Å². The van der Waals surface area contributed by atoms with Crippen molar-refractivity contribution in [2.24, 2.45) is 0 Å². The van der Waals surface area contributed by atoms with Gasteiger partial charge in [-0.05, 0) is 11.8 Å². The van der Waals surface area contributed by atoms with E-state index < -0.39 is 61.5 Å². The van der Waals surface area contributed by atoms with Crippen molar-refractivity contribution < 1.29 is 40.1 Å². The van der Waals surface area contributed by atoms with Crippen LogP contribution in [-0.4, -0.2) is 101 Å². The summed E-state index contributed by atoms with van der Waals surface area (Å²) in [5, 5.41) is 61.7. The molecule has 3 heterocycles. The lowest BCUT2D eigenvalue weighted by Gasteiger charge is -2.14. The summed E-state index contributed by atoms with van der Waals surface area (Å²) in [6, 6.07) is 0. The van der Waals surface area contributed by atoms with E-state index in [2.05, 4.69) is 10.1 Å². The summed E-state index contributed by atoms with van der Waals surface area (Å²) in [7, 11) is 0. The minimum atomic E-state index is -1.28. The molecule has 0 bridgehead atoms. The van der Waals surface area contributed by atoms with Gasteiger partial charge in [-0.2, -0.15) is 0 Å². The van der Waals surface area contributed by atoms with Crippen molar-refractivity contribution in [3.05, 3.63) is 6.33 Å². The van der Waals surface area contributed by atoms with Crippen LogP contribution in [0.1, 0.15) is 6.23 Å². The Balaban J connectivity index is 1.66. The number of hydrogen-bond donors (Lipinski definition) is 6. The Morgan fingerprint density at radius 1 is 0.958 bits per heavy atom. The van der Waals surface area contributed by atoms with Crippen LogP contribution in [0.2, 0.25) is 0 Å². The lowest BCUT2D eigenvalue weighted by atomic mass is 10.1. The van der Waals surface area contributed by atoms with E-state index in [1.54, 1.807) is 0 Å². The van der Waals surface area contributed by atoms with Crippen LogP contribution in [0.3, 0.4) is 0 Å². The molecule has 0 aliphatic carbocycles. The fraction of sp³-hybridized carbons (Fsp3) is 0.833. The molecule has 1 aromatic heterocycles. The number of hydrogen-bond acceptors (Lipinski definition) is 11. The van der Waals surface area contributed by atoms with E-state index in [0.29, 0.717) is 0 Å². The highest BCUT2D eigenvalue weighted by Crippen LogP contribution is 2.34. The van der Waals surface area contributed by atoms with Gasteiger partial charge in [0.05, 0.1) is 13.2 Å². The normalized spacial score (nSPS) is 42.8. The molecule has 0 spiro atoms. The Kier molecular flexibility index (Phi) is 5.39. The van der Waals surface area contributed by atoms with Crippen molar-refractivity contribution in [3.8, 4) is 0 Å². The Hall–Kier alpha value is -0.830. The lowest BCUT2D eigenvalue weighted by Crippen LogP contribution is -2.33. The van der Waals surface area contributed by atoms with E-state index in [1.807, 2.05) is 0 Å². The zero-order valence-electron chi connectivity index (χ0n) is 12.4. The van der Waals surface area contributed by atoms with E-state index >= 15 is 0 Å². The molecule has 0 aromatic carbocycles. The maximum Gasteiger partial charge on any atom is 0.211 e.